The van der Waals surface area contributed by atoms with Crippen LogP contribution in [0.1, 0.15) is 0 Å². The Morgan fingerprint density at radius 1 is 0.214 bits per heavy atom. The lowest BCUT2D eigenvalue weighted by Crippen LogP contribution is -1.91. The Kier molecular flexibility index (Phi) is 16.6. The molecule has 402 valence electrons. The highest BCUT2D eigenvalue weighted by Gasteiger charge is 2.07. The Balaban J connectivity index is 0.000000112. The largest absolute Gasteiger partial charge is 0.356 e. The average Bonchev–Trinajstić information content (AvgIpc) is 3.74. The summed E-state index contributed by atoms with van der Waals surface area (Å²) in [4.78, 5) is 17.5. The molecule has 0 saturated carbocycles. The molecule has 0 aliphatic heterocycles. The highest BCUT2D eigenvalue weighted by molar-refractivity contribution is 5.95. The Morgan fingerprint density at radius 2 is 0.690 bits per heavy atom. The zero-order chi connectivity index (χ0) is 56.5. The van der Waals surface area contributed by atoms with Gasteiger partial charge < -0.3 is 21.3 Å². The fourth-order valence-corrected chi connectivity index (χ4v) is 9.89. The minimum absolute atomic E-state index is 0.987. The predicted octanol–water partition coefficient (Wildman–Crippen LogP) is 20.4. The molecule has 4 N–H and O–H groups in total. The van der Waals surface area contributed by atoms with E-state index in [0.29, 0.717) is 0 Å². The van der Waals surface area contributed by atoms with Crippen molar-refractivity contribution in [3.05, 3.63) is 328 Å². The van der Waals surface area contributed by atoms with Crippen molar-refractivity contribution in [3.63, 3.8) is 0 Å². The molecule has 0 unspecified atom stereocenters. The van der Waals surface area contributed by atoms with E-state index in [1.54, 1.807) is 0 Å². The molecule has 84 heavy (non-hydrogen) atoms. The summed E-state index contributed by atoms with van der Waals surface area (Å²) in [5.41, 5.74) is 16.4. The van der Waals surface area contributed by atoms with Gasteiger partial charge in [-0.2, -0.15) is 0 Å². The Morgan fingerprint density at radius 3 is 1.37 bits per heavy atom. The van der Waals surface area contributed by atoms with Gasteiger partial charge in [-0.15, -0.1) is 0 Å². The SMILES string of the molecule is c1ccc(-c2cnc3cc(Nc4ccc5ccccc5c4)ccc3c2)cc1.c1ccc(Nc2ccc(-c3cccc4ncccc34)cc2)cc1.c1ccc(Nc2ccc3cnccc3c2)cc1.c1ccc(Nc2ccc3ncccc3c2)cc1. The second-order valence-corrected chi connectivity index (χ2v) is 20.0. The summed E-state index contributed by atoms with van der Waals surface area (Å²) in [5, 5.41) is 21.9. The van der Waals surface area contributed by atoms with Crippen LogP contribution >= 0.6 is 0 Å². The van der Waals surface area contributed by atoms with Gasteiger partial charge in [0.2, 0.25) is 0 Å². The van der Waals surface area contributed by atoms with Crippen LogP contribution in [0.25, 0.3) is 76.5 Å². The van der Waals surface area contributed by atoms with Crippen molar-refractivity contribution in [1.82, 2.24) is 19.9 Å². The molecule has 0 spiro atoms. The van der Waals surface area contributed by atoms with E-state index in [9.17, 15) is 0 Å². The van der Waals surface area contributed by atoms with Gasteiger partial charge >= 0.3 is 0 Å². The summed E-state index contributed by atoms with van der Waals surface area (Å²) >= 11 is 0. The van der Waals surface area contributed by atoms with E-state index in [4.69, 9.17) is 0 Å². The number of benzene rings is 11. The maximum absolute atomic E-state index is 4.67. The minimum Gasteiger partial charge on any atom is -0.356 e. The number of para-hydroxylation sites is 3. The van der Waals surface area contributed by atoms with Gasteiger partial charge in [-0.1, -0.05) is 164 Å². The molecule has 8 heteroatoms. The number of hydrogen-bond donors (Lipinski definition) is 4. The van der Waals surface area contributed by atoms with E-state index in [2.05, 4.69) is 229 Å². The molecule has 0 fully saturated rings. The van der Waals surface area contributed by atoms with E-state index in [1.165, 1.54) is 38.2 Å². The second kappa shape index (κ2) is 26.2. The van der Waals surface area contributed by atoms with Crippen molar-refractivity contribution in [2.45, 2.75) is 0 Å². The number of fused-ring (bicyclic) bond motifs is 5. The van der Waals surface area contributed by atoms with Crippen LogP contribution in [0.5, 0.6) is 0 Å². The van der Waals surface area contributed by atoms with Gasteiger partial charge in [0.25, 0.3) is 0 Å². The van der Waals surface area contributed by atoms with Crippen LogP contribution in [0.3, 0.4) is 0 Å². The molecule has 0 aliphatic carbocycles. The summed E-state index contributed by atoms with van der Waals surface area (Å²) in [6.07, 6.45) is 9.28. The summed E-state index contributed by atoms with van der Waals surface area (Å²) in [7, 11) is 0. The first-order valence-corrected chi connectivity index (χ1v) is 27.9. The van der Waals surface area contributed by atoms with Crippen LogP contribution in [-0.2, 0) is 0 Å². The van der Waals surface area contributed by atoms with E-state index >= 15 is 0 Å². The maximum atomic E-state index is 4.67. The summed E-state index contributed by atoms with van der Waals surface area (Å²) in [6.45, 7) is 0. The molecule has 4 heterocycles. The van der Waals surface area contributed by atoms with Gasteiger partial charge in [-0.3, -0.25) is 19.9 Å². The van der Waals surface area contributed by atoms with Crippen molar-refractivity contribution < 1.29 is 0 Å². The number of rotatable bonds is 10. The standard InChI is InChI=1S/C25H18N2.C21H16N2.2C15H12N2/c1-2-6-18(7-3-1)22-14-21-11-13-24(16-25(21)26-17-22)27-23-12-10-19-8-4-5-9-20(19)15-23;1-2-6-17(7-3-1)23-18-13-11-16(12-14-18)19-8-4-10-21-20(19)9-5-15-22-21;1-2-6-13(7-3-1)17-14-8-9-15-12(11-14)5-4-10-16-15;1-2-4-14(5-3-1)17-15-7-6-13-11-16-9-8-12(13)10-15/h1-17,27H;1-15,23H;2*1-11,17H. The third-order valence-electron chi connectivity index (χ3n) is 14.1. The number of nitrogens with zero attached hydrogens (tertiary/aromatic N) is 4. The molecule has 0 aliphatic rings. The zero-order valence-electron chi connectivity index (χ0n) is 46.0. The molecule has 0 saturated heterocycles. The lowest BCUT2D eigenvalue weighted by Gasteiger charge is -2.09. The van der Waals surface area contributed by atoms with Gasteiger partial charge in [0.05, 0.1) is 16.6 Å². The van der Waals surface area contributed by atoms with Crippen molar-refractivity contribution in [1.29, 1.82) is 0 Å². The fraction of sp³-hybridized carbons (Fsp3) is 0. The van der Waals surface area contributed by atoms with Gasteiger partial charge in [0.15, 0.2) is 0 Å². The first-order valence-electron chi connectivity index (χ1n) is 27.9. The Labute approximate surface area is 488 Å². The third-order valence-corrected chi connectivity index (χ3v) is 14.1. The van der Waals surface area contributed by atoms with Gasteiger partial charge in [0.1, 0.15) is 0 Å². The van der Waals surface area contributed by atoms with Crippen LogP contribution in [0.4, 0.5) is 45.5 Å². The number of nitrogens with one attached hydrogen (secondary N) is 4. The summed E-state index contributed by atoms with van der Waals surface area (Å²) in [5.74, 6) is 0. The van der Waals surface area contributed by atoms with Crippen LogP contribution in [0, 0.1) is 0 Å². The number of anilines is 8. The molecule has 11 aromatic carbocycles. The maximum Gasteiger partial charge on any atom is 0.0723 e. The molecule has 4 aromatic heterocycles. The monoisotopic (exact) mass is 1080 g/mol. The van der Waals surface area contributed by atoms with Crippen molar-refractivity contribution in [3.8, 4) is 22.3 Å². The topological polar surface area (TPSA) is 99.7 Å². The summed E-state index contributed by atoms with van der Waals surface area (Å²) in [6, 6.07) is 102. The lowest BCUT2D eigenvalue weighted by molar-refractivity contribution is 1.36. The molecule has 0 bridgehead atoms. The van der Waals surface area contributed by atoms with Crippen LogP contribution < -0.4 is 21.3 Å². The molecule has 0 atom stereocenters. The van der Waals surface area contributed by atoms with Gasteiger partial charge in [-0.25, -0.2) is 0 Å². The molecule has 15 aromatic rings. The first kappa shape index (κ1) is 53.2. The molecular weight excluding hydrogens is 1020 g/mol. The molecule has 0 radical (unpaired) electrons. The van der Waals surface area contributed by atoms with Crippen molar-refractivity contribution in [2.24, 2.45) is 0 Å². The van der Waals surface area contributed by atoms with Crippen LogP contribution in [0.2, 0.25) is 0 Å². The van der Waals surface area contributed by atoms with Crippen LogP contribution in [-0.4, -0.2) is 19.9 Å². The van der Waals surface area contributed by atoms with E-state index in [1.807, 2.05) is 140 Å². The van der Waals surface area contributed by atoms with Crippen LogP contribution in [0.15, 0.2) is 328 Å². The Bertz CT molecular complexity index is 4480. The number of pyridine rings is 4. The highest BCUT2D eigenvalue weighted by atomic mass is 14.9. The molecule has 8 nitrogen and oxygen atoms in total. The highest BCUT2D eigenvalue weighted by Crippen LogP contribution is 2.31. The zero-order valence-corrected chi connectivity index (χ0v) is 46.0. The van der Waals surface area contributed by atoms with Crippen molar-refractivity contribution >= 4 is 99.8 Å². The molecule has 0 amide bonds. The summed E-state index contributed by atoms with van der Waals surface area (Å²) < 4.78 is 0. The normalized spacial score (nSPS) is 10.6. The lowest BCUT2D eigenvalue weighted by atomic mass is 10.0. The molecular formula is C76H58N8. The van der Waals surface area contributed by atoms with E-state index in [-0.39, 0.29) is 0 Å². The fourth-order valence-electron chi connectivity index (χ4n) is 9.89. The first-order chi connectivity index (χ1) is 41.6. The van der Waals surface area contributed by atoms with Crippen molar-refractivity contribution in [2.75, 3.05) is 21.3 Å². The van der Waals surface area contributed by atoms with Gasteiger partial charge in [-0.05, 0) is 166 Å². The van der Waals surface area contributed by atoms with E-state index < -0.39 is 0 Å². The number of hydrogen-bond acceptors (Lipinski definition) is 8. The Hall–Kier alpha value is -11.5. The van der Waals surface area contributed by atoms with Gasteiger partial charge in [0, 0.05) is 104 Å². The number of aromatic nitrogens is 4. The second-order valence-electron chi connectivity index (χ2n) is 20.0. The average molecular weight is 1080 g/mol. The quantitative estimate of drug-likeness (QED) is 0.108. The third kappa shape index (κ3) is 13.7. The predicted molar refractivity (Wildman–Crippen MR) is 354 cm³/mol. The molecule has 15 rings (SSSR count). The smallest absolute Gasteiger partial charge is 0.0723 e. The van der Waals surface area contributed by atoms with E-state index in [0.717, 1.165) is 83.8 Å². The minimum atomic E-state index is 0.987.